The summed E-state index contributed by atoms with van der Waals surface area (Å²) in [6.07, 6.45) is 2.81. The van der Waals surface area contributed by atoms with Crippen LogP contribution in [0, 0.1) is 6.92 Å². The fourth-order valence-electron chi connectivity index (χ4n) is 2.39. The molecule has 0 aliphatic heterocycles. The molecule has 8 heteroatoms. The molecule has 0 spiro atoms. The van der Waals surface area contributed by atoms with E-state index in [2.05, 4.69) is 10.3 Å². The average Bonchev–Trinajstić information content (AvgIpc) is 2.63. The number of rotatable bonds is 5. The highest BCUT2D eigenvalue weighted by Gasteiger charge is 2.15. The van der Waals surface area contributed by atoms with Crippen molar-refractivity contribution in [1.29, 1.82) is 0 Å². The summed E-state index contributed by atoms with van der Waals surface area (Å²) in [7, 11) is 0. The summed E-state index contributed by atoms with van der Waals surface area (Å²) >= 11 is 0. The molecule has 8 nitrogen and oxygen atoms in total. The number of aromatic nitrogens is 1. The van der Waals surface area contributed by atoms with Gasteiger partial charge in [-0.2, -0.15) is 0 Å². The normalized spacial score (nSPS) is 11.4. The van der Waals surface area contributed by atoms with E-state index in [1.165, 1.54) is 24.5 Å². The number of pyridine rings is 1. The Morgan fingerprint density at radius 3 is 2.74 bits per heavy atom. The predicted molar refractivity (Wildman–Crippen MR) is 98.2 cm³/mol. The van der Waals surface area contributed by atoms with Crippen LogP contribution >= 0.6 is 0 Å². The maximum Gasteiger partial charge on any atom is 0.360 e. The molecule has 0 saturated carbocycles. The van der Waals surface area contributed by atoms with Crippen LogP contribution in [0.1, 0.15) is 18.4 Å². The summed E-state index contributed by atoms with van der Waals surface area (Å²) in [5.41, 5.74) is -0.754. The summed E-state index contributed by atoms with van der Waals surface area (Å²) in [4.78, 5) is 40.5. The molecule has 0 aliphatic carbocycles. The molecular weight excluding hydrogens is 352 g/mol. The van der Waals surface area contributed by atoms with Crippen molar-refractivity contribution < 1.29 is 18.4 Å². The van der Waals surface area contributed by atoms with Crippen LogP contribution in [-0.2, 0) is 9.53 Å². The highest BCUT2D eigenvalue weighted by atomic mass is 16.5. The summed E-state index contributed by atoms with van der Waals surface area (Å²) in [6.45, 7) is 3.44. The standard InChI is InChI=1S/C19H16N2O6/c1-3-25-17(22)13(14-6-4-5-7-20-14)10-21-15-9-12-16(27-19(15)24)8-11(2)26-18(12)23/h4-10,21H,3H2,1-2H3/b13-10+. The lowest BCUT2D eigenvalue weighted by Gasteiger charge is -2.07. The third kappa shape index (κ3) is 3.95. The molecule has 0 aliphatic rings. The first-order valence-electron chi connectivity index (χ1n) is 8.13. The van der Waals surface area contributed by atoms with Crippen molar-refractivity contribution >= 4 is 28.2 Å². The maximum atomic E-state index is 12.2. The van der Waals surface area contributed by atoms with Gasteiger partial charge < -0.3 is 18.9 Å². The van der Waals surface area contributed by atoms with E-state index >= 15 is 0 Å². The van der Waals surface area contributed by atoms with Gasteiger partial charge in [0, 0.05) is 18.5 Å². The van der Waals surface area contributed by atoms with Gasteiger partial charge >= 0.3 is 17.2 Å². The van der Waals surface area contributed by atoms with Gasteiger partial charge in [-0.1, -0.05) is 6.07 Å². The second kappa shape index (κ2) is 7.69. The minimum absolute atomic E-state index is 0.0311. The van der Waals surface area contributed by atoms with E-state index in [1.54, 1.807) is 32.0 Å². The molecule has 27 heavy (non-hydrogen) atoms. The van der Waals surface area contributed by atoms with E-state index in [9.17, 15) is 14.4 Å². The van der Waals surface area contributed by atoms with E-state index in [0.717, 1.165) is 0 Å². The molecule has 3 aromatic rings. The Kier molecular flexibility index (Phi) is 5.16. The number of fused-ring (bicyclic) bond motifs is 1. The van der Waals surface area contributed by atoms with Gasteiger partial charge in [-0.3, -0.25) is 4.98 Å². The maximum absolute atomic E-state index is 12.2. The van der Waals surface area contributed by atoms with Crippen LogP contribution in [0.25, 0.3) is 16.5 Å². The molecule has 0 radical (unpaired) electrons. The number of carbonyl (C=O) groups excluding carboxylic acids is 1. The lowest BCUT2D eigenvalue weighted by Crippen LogP contribution is -2.13. The SMILES string of the molecule is CCOC(=O)/C(=C/Nc1cc2c(=O)oc(C)cc2oc1=O)c1ccccn1. The monoisotopic (exact) mass is 368 g/mol. The van der Waals surface area contributed by atoms with Gasteiger partial charge in [0.25, 0.3) is 0 Å². The molecule has 0 amide bonds. The van der Waals surface area contributed by atoms with Crippen molar-refractivity contribution in [3.8, 4) is 0 Å². The van der Waals surface area contributed by atoms with Crippen LogP contribution in [-0.4, -0.2) is 17.6 Å². The lowest BCUT2D eigenvalue weighted by atomic mass is 10.2. The van der Waals surface area contributed by atoms with Crippen molar-refractivity contribution in [3.05, 3.63) is 75.0 Å². The number of hydrogen-bond donors (Lipinski definition) is 1. The van der Waals surface area contributed by atoms with Crippen LogP contribution in [0.3, 0.4) is 0 Å². The Hall–Kier alpha value is -3.68. The van der Waals surface area contributed by atoms with Crippen LogP contribution in [0.2, 0.25) is 0 Å². The molecule has 0 atom stereocenters. The van der Waals surface area contributed by atoms with Crippen molar-refractivity contribution in [2.75, 3.05) is 11.9 Å². The Labute approximate surface area is 153 Å². The van der Waals surface area contributed by atoms with E-state index in [-0.39, 0.29) is 28.8 Å². The van der Waals surface area contributed by atoms with Crippen molar-refractivity contribution in [2.45, 2.75) is 13.8 Å². The van der Waals surface area contributed by atoms with Gasteiger partial charge in [-0.25, -0.2) is 14.4 Å². The Bertz CT molecular complexity index is 1130. The van der Waals surface area contributed by atoms with Crippen LogP contribution < -0.4 is 16.6 Å². The number of nitrogens with one attached hydrogen (secondary N) is 1. The van der Waals surface area contributed by atoms with Gasteiger partial charge in [-0.05, 0) is 32.0 Å². The second-order valence-electron chi connectivity index (χ2n) is 5.51. The van der Waals surface area contributed by atoms with Gasteiger partial charge in [0.05, 0.1) is 12.3 Å². The number of esters is 1. The van der Waals surface area contributed by atoms with Crippen molar-refractivity contribution in [2.24, 2.45) is 0 Å². The molecule has 1 N–H and O–H groups in total. The summed E-state index contributed by atoms with van der Waals surface area (Å²) in [5, 5.41) is 2.80. The van der Waals surface area contributed by atoms with Gasteiger partial charge in [0.1, 0.15) is 28.0 Å². The first kappa shape index (κ1) is 18.1. The van der Waals surface area contributed by atoms with Crippen LogP contribution in [0.15, 0.2) is 61.2 Å². The molecule has 0 aromatic carbocycles. The summed E-state index contributed by atoms with van der Waals surface area (Å²) < 4.78 is 15.2. The molecule has 138 valence electrons. The quantitative estimate of drug-likeness (QED) is 0.540. The predicted octanol–water partition coefficient (Wildman–Crippen LogP) is 2.47. The first-order valence-corrected chi connectivity index (χ1v) is 8.13. The van der Waals surface area contributed by atoms with Gasteiger partial charge in [0.2, 0.25) is 0 Å². The van der Waals surface area contributed by atoms with Crippen molar-refractivity contribution in [3.63, 3.8) is 0 Å². The van der Waals surface area contributed by atoms with E-state index in [4.69, 9.17) is 13.6 Å². The van der Waals surface area contributed by atoms with Gasteiger partial charge in [-0.15, -0.1) is 0 Å². The second-order valence-corrected chi connectivity index (χ2v) is 5.51. The number of hydrogen-bond acceptors (Lipinski definition) is 8. The first-order chi connectivity index (χ1) is 13.0. The fourth-order valence-corrected chi connectivity index (χ4v) is 2.39. The zero-order valence-corrected chi connectivity index (χ0v) is 14.6. The third-order valence-corrected chi connectivity index (χ3v) is 3.59. The van der Waals surface area contributed by atoms with Crippen LogP contribution in [0.4, 0.5) is 5.69 Å². The van der Waals surface area contributed by atoms with E-state index in [0.29, 0.717) is 11.5 Å². The Balaban J connectivity index is 2.03. The minimum atomic E-state index is -0.701. The topological polar surface area (TPSA) is 112 Å². The minimum Gasteiger partial charge on any atom is -0.462 e. The van der Waals surface area contributed by atoms with Crippen LogP contribution in [0.5, 0.6) is 0 Å². The number of nitrogens with zero attached hydrogens (tertiary/aromatic N) is 1. The molecule has 3 aromatic heterocycles. The van der Waals surface area contributed by atoms with E-state index < -0.39 is 17.2 Å². The van der Waals surface area contributed by atoms with Gasteiger partial charge in [0.15, 0.2) is 0 Å². The summed E-state index contributed by atoms with van der Waals surface area (Å²) in [5.74, 6) is -0.278. The molecule has 3 heterocycles. The number of aryl methyl sites for hydroxylation is 1. The number of anilines is 1. The molecule has 0 unspecified atom stereocenters. The Morgan fingerprint density at radius 2 is 2.04 bits per heavy atom. The molecule has 0 bridgehead atoms. The van der Waals surface area contributed by atoms with E-state index in [1.807, 2.05) is 0 Å². The lowest BCUT2D eigenvalue weighted by molar-refractivity contribution is -0.136. The number of ether oxygens (including phenoxy) is 1. The third-order valence-electron chi connectivity index (χ3n) is 3.59. The zero-order valence-electron chi connectivity index (χ0n) is 14.6. The zero-order chi connectivity index (χ0) is 19.4. The Morgan fingerprint density at radius 1 is 1.22 bits per heavy atom. The summed E-state index contributed by atoms with van der Waals surface area (Å²) in [6, 6.07) is 7.82. The smallest absolute Gasteiger partial charge is 0.360 e. The average molecular weight is 368 g/mol. The molecular formula is C19H16N2O6. The number of carbonyl (C=O) groups is 1. The fraction of sp³-hybridized carbons (Fsp3) is 0.158. The van der Waals surface area contributed by atoms with Crippen molar-refractivity contribution in [1.82, 2.24) is 4.98 Å². The molecule has 3 rings (SSSR count). The molecule has 0 saturated heterocycles. The highest BCUT2D eigenvalue weighted by molar-refractivity contribution is 6.16. The largest absolute Gasteiger partial charge is 0.462 e. The highest BCUT2D eigenvalue weighted by Crippen LogP contribution is 2.17. The molecule has 0 fully saturated rings.